The summed E-state index contributed by atoms with van der Waals surface area (Å²) in [5, 5.41) is 11.5. The first kappa shape index (κ1) is 11.9. The molecule has 0 fully saturated rings. The summed E-state index contributed by atoms with van der Waals surface area (Å²) < 4.78 is 5.37. The van der Waals surface area contributed by atoms with Crippen LogP contribution in [0.1, 0.15) is 29.9 Å². The summed E-state index contributed by atoms with van der Waals surface area (Å²) in [6.45, 7) is 2.01. The molecule has 0 aliphatic rings. The first-order chi connectivity index (χ1) is 9.29. The summed E-state index contributed by atoms with van der Waals surface area (Å²) >= 11 is 0. The molecule has 1 N–H and O–H groups in total. The van der Waals surface area contributed by atoms with Gasteiger partial charge in [0.1, 0.15) is 11.9 Å². The van der Waals surface area contributed by atoms with Crippen molar-refractivity contribution in [1.29, 1.82) is 0 Å². The number of hydrogen-bond donors (Lipinski definition) is 1. The van der Waals surface area contributed by atoms with Crippen molar-refractivity contribution in [2.75, 3.05) is 0 Å². The molecule has 0 saturated heterocycles. The van der Waals surface area contributed by atoms with Gasteiger partial charge in [-0.1, -0.05) is 19.1 Å². The second-order valence-electron chi connectivity index (χ2n) is 4.51. The van der Waals surface area contributed by atoms with Gasteiger partial charge < -0.3 is 9.52 Å². The summed E-state index contributed by atoms with van der Waals surface area (Å²) in [5.74, 6) is 0.832. The fourth-order valence-corrected chi connectivity index (χ4v) is 2.33. The second kappa shape index (κ2) is 4.86. The van der Waals surface area contributed by atoms with Gasteiger partial charge in [-0.2, -0.15) is 0 Å². The van der Waals surface area contributed by atoms with Crippen LogP contribution in [0.2, 0.25) is 0 Å². The minimum atomic E-state index is -0.654. The number of hydrogen-bond acceptors (Lipinski definition) is 3. The van der Waals surface area contributed by atoms with Gasteiger partial charge in [0.2, 0.25) is 0 Å². The van der Waals surface area contributed by atoms with Crippen LogP contribution in [0.25, 0.3) is 10.9 Å². The minimum absolute atomic E-state index is 0.654. The highest BCUT2D eigenvalue weighted by molar-refractivity contribution is 5.79. The molecule has 3 nitrogen and oxygen atoms in total. The highest BCUT2D eigenvalue weighted by Gasteiger charge is 2.16. The van der Waals surface area contributed by atoms with Crippen LogP contribution in [0.3, 0.4) is 0 Å². The zero-order valence-electron chi connectivity index (χ0n) is 10.7. The molecule has 0 aliphatic carbocycles. The van der Waals surface area contributed by atoms with Crippen molar-refractivity contribution >= 4 is 10.9 Å². The first-order valence-corrected chi connectivity index (χ1v) is 6.38. The Bertz CT molecular complexity index is 703. The molecule has 2 heterocycles. The van der Waals surface area contributed by atoms with Crippen LogP contribution >= 0.6 is 0 Å². The lowest BCUT2D eigenvalue weighted by Gasteiger charge is -2.11. The van der Waals surface area contributed by atoms with Gasteiger partial charge in [-0.15, -0.1) is 0 Å². The zero-order chi connectivity index (χ0) is 13.2. The van der Waals surface area contributed by atoms with Gasteiger partial charge in [0, 0.05) is 23.6 Å². The van der Waals surface area contributed by atoms with Crippen LogP contribution in [0, 0.1) is 0 Å². The normalized spacial score (nSPS) is 12.7. The smallest absolute Gasteiger partial charge is 0.109 e. The largest absolute Gasteiger partial charge is 0.469 e. The van der Waals surface area contributed by atoms with E-state index in [2.05, 4.69) is 4.98 Å². The molecular weight excluding hydrogens is 238 g/mol. The molecule has 0 bridgehead atoms. The molecule has 2 aromatic heterocycles. The number of aryl methyl sites for hydroxylation is 1. The zero-order valence-corrected chi connectivity index (χ0v) is 10.7. The van der Waals surface area contributed by atoms with Gasteiger partial charge in [-0.25, -0.2) is 0 Å². The van der Waals surface area contributed by atoms with Crippen LogP contribution < -0.4 is 0 Å². The Kier molecular flexibility index (Phi) is 3.05. The average molecular weight is 253 g/mol. The summed E-state index contributed by atoms with van der Waals surface area (Å²) in [6, 6.07) is 11.5. The van der Waals surface area contributed by atoms with Crippen molar-refractivity contribution in [3.8, 4) is 0 Å². The monoisotopic (exact) mass is 253 g/mol. The molecule has 0 saturated carbocycles. The third-order valence-electron chi connectivity index (χ3n) is 3.34. The standard InChI is InChI=1S/C16H15NO2/c1-2-15-13(7-9-19-15)16(18)12-5-6-14-11(10-12)4-3-8-17-14/h3-10,16,18H,2H2,1H3. The highest BCUT2D eigenvalue weighted by Crippen LogP contribution is 2.28. The quantitative estimate of drug-likeness (QED) is 0.777. The molecule has 1 atom stereocenters. The predicted molar refractivity (Wildman–Crippen MR) is 73.9 cm³/mol. The van der Waals surface area contributed by atoms with Gasteiger partial charge in [-0.05, 0) is 29.8 Å². The fourth-order valence-electron chi connectivity index (χ4n) is 2.33. The Hall–Kier alpha value is -2.13. The summed E-state index contributed by atoms with van der Waals surface area (Å²) in [6.07, 6.45) is 3.51. The van der Waals surface area contributed by atoms with E-state index in [1.54, 1.807) is 12.5 Å². The fraction of sp³-hybridized carbons (Fsp3) is 0.188. The topological polar surface area (TPSA) is 46.3 Å². The minimum Gasteiger partial charge on any atom is -0.469 e. The van der Waals surface area contributed by atoms with Crippen molar-refractivity contribution in [3.05, 3.63) is 65.7 Å². The van der Waals surface area contributed by atoms with E-state index < -0.39 is 6.10 Å². The van der Waals surface area contributed by atoms with E-state index in [4.69, 9.17) is 4.42 Å². The molecule has 1 unspecified atom stereocenters. The molecule has 1 aromatic carbocycles. The SMILES string of the molecule is CCc1occc1C(O)c1ccc2ncccc2c1. The van der Waals surface area contributed by atoms with Crippen LogP contribution in [0.15, 0.2) is 53.3 Å². The third-order valence-corrected chi connectivity index (χ3v) is 3.34. The number of fused-ring (bicyclic) bond motifs is 1. The summed E-state index contributed by atoms with van der Waals surface area (Å²) in [7, 11) is 0. The number of pyridine rings is 1. The number of rotatable bonds is 3. The molecule has 0 radical (unpaired) electrons. The van der Waals surface area contributed by atoms with Crippen molar-refractivity contribution in [1.82, 2.24) is 4.98 Å². The Labute approximate surface area is 111 Å². The lowest BCUT2D eigenvalue weighted by molar-refractivity contribution is 0.217. The van der Waals surface area contributed by atoms with E-state index in [9.17, 15) is 5.11 Å². The van der Waals surface area contributed by atoms with Crippen LogP contribution in [-0.2, 0) is 6.42 Å². The van der Waals surface area contributed by atoms with E-state index in [-0.39, 0.29) is 0 Å². The number of benzene rings is 1. The van der Waals surface area contributed by atoms with Gasteiger partial charge in [-0.3, -0.25) is 4.98 Å². The molecular formula is C16H15NO2. The highest BCUT2D eigenvalue weighted by atomic mass is 16.3. The molecule has 0 spiro atoms. The molecule has 3 heteroatoms. The van der Waals surface area contributed by atoms with Crippen molar-refractivity contribution in [2.24, 2.45) is 0 Å². The summed E-state index contributed by atoms with van der Waals surface area (Å²) in [5.41, 5.74) is 2.63. The van der Waals surface area contributed by atoms with E-state index >= 15 is 0 Å². The lowest BCUT2D eigenvalue weighted by atomic mass is 9.99. The molecule has 0 aliphatic heterocycles. The van der Waals surface area contributed by atoms with Gasteiger partial charge >= 0.3 is 0 Å². The number of furan rings is 1. The van der Waals surface area contributed by atoms with E-state index in [1.165, 1.54) is 0 Å². The number of aliphatic hydroxyl groups excluding tert-OH is 1. The Morgan fingerprint density at radius 3 is 3.00 bits per heavy atom. The maximum atomic E-state index is 10.5. The number of nitrogens with zero attached hydrogens (tertiary/aromatic N) is 1. The van der Waals surface area contributed by atoms with Crippen LogP contribution in [0.4, 0.5) is 0 Å². The first-order valence-electron chi connectivity index (χ1n) is 6.38. The van der Waals surface area contributed by atoms with E-state index in [0.29, 0.717) is 0 Å². The molecule has 3 rings (SSSR count). The van der Waals surface area contributed by atoms with Crippen LogP contribution in [0.5, 0.6) is 0 Å². The predicted octanol–water partition coefficient (Wildman–Crippen LogP) is 3.47. The lowest BCUT2D eigenvalue weighted by Crippen LogP contribution is -2.01. The van der Waals surface area contributed by atoms with Gasteiger partial charge in [0.05, 0.1) is 11.8 Å². The molecule has 96 valence electrons. The Balaban J connectivity index is 2.04. The van der Waals surface area contributed by atoms with Gasteiger partial charge in [0.15, 0.2) is 0 Å². The van der Waals surface area contributed by atoms with Crippen molar-refractivity contribution < 1.29 is 9.52 Å². The van der Waals surface area contributed by atoms with Crippen LogP contribution in [-0.4, -0.2) is 10.1 Å². The molecule has 3 aromatic rings. The third kappa shape index (κ3) is 2.13. The second-order valence-corrected chi connectivity index (χ2v) is 4.51. The Morgan fingerprint density at radius 1 is 1.26 bits per heavy atom. The number of aliphatic hydroxyl groups is 1. The van der Waals surface area contributed by atoms with E-state index in [0.717, 1.165) is 34.2 Å². The maximum absolute atomic E-state index is 10.5. The van der Waals surface area contributed by atoms with E-state index in [1.807, 2.05) is 43.3 Å². The number of aromatic nitrogens is 1. The van der Waals surface area contributed by atoms with Crippen molar-refractivity contribution in [2.45, 2.75) is 19.4 Å². The molecule has 19 heavy (non-hydrogen) atoms. The average Bonchev–Trinajstić information content (AvgIpc) is 2.94. The van der Waals surface area contributed by atoms with Gasteiger partial charge in [0.25, 0.3) is 0 Å². The maximum Gasteiger partial charge on any atom is 0.109 e. The Morgan fingerprint density at radius 2 is 2.16 bits per heavy atom. The van der Waals surface area contributed by atoms with Crippen molar-refractivity contribution in [3.63, 3.8) is 0 Å². The summed E-state index contributed by atoms with van der Waals surface area (Å²) in [4.78, 5) is 4.28. The molecule has 0 amide bonds.